The van der Waals surface area contributed by atoms with Gasteiger partial charge in [0.25, 0.3) is 5.91 Å². The van der Waals surface area contributed by atoms with Crippen LogP contribution in [0.1, 0.15) is 15.9 Å². The van der Waals surface area contributed by atoms with Gasteiger partial charge in [-0.25, -0.2) is 0 Å². The summed E-state index contributed by atoms with van der Waals surface area (Å²) in [5, 5.41) is 3.13. The Morgan fingerprint density at radius 3 is 2.41 bits per heavy atom. The van der Waals surface area contributed by atoms with E-state index in [0.29, 0.717) is 17.9 Å². The van der Waals surface area contributed by atoms with Gasteiger partial charge in [-0.05, 0) is 31.2 Å². The minimum atomic E-state index is -0.0837. The van der Waals surface area contributed by atoms with Gasteiger partial charge in [0.05, 0.1) is 12.7 Å². The molecule has 0 aromatic heterocycles. The summed E-state index contributed by atoms with van der Waals surface area (Å²) in [6, 6.07) is 18.1. The van der Waals surface area contributed by atoms with E-state index in [4.69, 9.17) is 4.74 Å². The van der Waals surface area contributed by atoms with Crippen molar-refractivity contribution in [3.05, 3.63) is 65.7 Å². The van der Waals surface area contributed by atoms with Crippen LogP contribution in [0.4, 0.5) is 0 Å². The van der Waals surface area contributed by atoms with E-state index >= 15 is 0 Å². The smallest absolute Gasteiger partial charge is 0.255 e. The van der Waals surface area contributed by atoms with E-state index < -0.39 is 0 Å². The van der Waals surface area contributed by atoms with E-state index in [2.05, 4.69) is 46.4 Å². The molecule has 144 valence electrons. The second kappa shape index (κ2) is 9.53. The van der Waals surface area contributed by atoms with E-state index in [-0.39, 0.29) is 11.9 Å². The number of likely N-dealkylation sites (N-methyl/N-ethyl adjacent to an activating group) is 1. The van der Waals surface area contributed by atoms with Gasteiger partial charge in [0, 0.05) is 38.8 Å². The highest BCUT2D eigenvalue weighted by Gasteiger charge is 2.24. The van der Waals surface area contributed by atoms with Crippen LogP contribution in [0.2, 0.25) is 0 Å². The molecule has 1 unspecified atom stereocenters. The van der Waals surface area contributed by atoms with Crippen molar-refractivity contribution in [2.75, 3.05) is 46.9 Å². The highest BCUT2D eigenvalue weighted by Crippen LogP contribution is 2.17. The van der Waals surface area contributed by atoms with E-state index in [9.17, 15) is 4.79 Å². The Morgan fingerprint density at radius 1 is 1.04 bits per heavy atom. The lowest BCUT2D eigenvalue weighted by molar-refractivity contribution is 0.0883. The summed E-state index contributed by atoms with van der Waals surface area (Å²) in [4.78, 5) is 17.5. The first-order valence-corrected chi connectivity index (χ1v) is 9.55. The Hall–Kier alpha value is -2.37. The van der Waals surface area contributed by atoms with Crippen LogP contribution in [0, 0.1) is 0 Å². The number of benzene rings is 2. The summed E-state index contributed by atoms with van der Waals surface area (Å²) in [6.07, 6.45) is 0.927. The summed E-state index contributed by atoms with van der Waals surface area (Å²) < 4.78 is 5.32. The normalized spacial score (nSPS) is 16.7. The molecular weight excluding hydrogens is 338 g/mol. The summed E-state index contributed by atoms with van der Waals surface area (Å²) in [6.45, 7) is 4.80. The number of piperazine rings is 1. The first kappa shape index (κ1) is 19.4. The van der Waals surface area contributed by atoms with Gasteiger partial charge in [-0.15, -0.1) is 0 Å². The van der Waals surface area contributed by atoms with Crippen molar-refractivity contribution in [3.8, 4) is 5.75 Å². The molecule has 5 nitrogen and oxygen atoms in total. The molecule has 2 aromatic rings. The number of methoxy groups -OCH3 is 1. The largest absolute Gasteiger partial charge is 0.496 e. The van der Waals surface area contributed by atoms with Crippen LogP contribution >= 0.6 is 0 Å². The van der Waals surface area contributed by atoms with Gasteiger partial charge in [-0.3, -0.25) is 9.69 Å². The predicted octanol–water partition coefficient (Wildman–Crippen LogP) is 2.28. The zero-order valence-corrected chi connectivity index (χ0v) is 16.2. The molecule has 5 heteroatoms. The summed E-state index contributed by atoms with van der Waals surface area (Å²) >= 11 is 0. The highest BCUT2D eigenvalue weighted by molar-refractivity contribution is 5.96. The van der Waals surface area contributed by atoms with Crippen LogP contribution in [0.3, 0.4) is 0 Å². The number of nitrogens with zero attached hydrogens (tertiary/aromatic N) is 2. The highest BCUT2D eigenvalue weighted by atomic mass is 16.5. The number of nitrogens with one attached hydrogen (secondary N) is 1. The van der Waals surface area contributed by atoms with Gasteiger partial charge >= 0.3 is 0 Å². The minimum Gasteiger partial charge on any atom is -0.496 e. The zero-order valence-electron chi connectivity index (χ0n) is 16.2. The maximum atomic E-state index is 12.7. The molecule has 1 atom stereocenters. The zero-order chi connectivity index (χ0) is 19.1. The second-order valence-corrected chi connectivity index (χ2v) is 7.09. The standard InChI is InChI=1S/C22H29N3O2/c1-24-12-14-25(15-13-24)19(16-18-8-4-3-5-9-18)17-23-22(26)20-10-6-7-11-21(20)27-2/h3-11,19H,12-17H2,1-2H3,(H,23,26). The molecule has 1 saturated heterocycles. The van der Waals surface area contributed by atoms with Gasteiger partial charge in [0.2, 0.25) is 0 Å². The fraction of sp³-hybridized carbons (Fsp3) is 0.409. The average Bonchev–Trinajstić information content (AvgIpc) is 2.72. The van der Waals surface area contributed by atoms with Crippen molar-refractivity contribution in [1.29, 1.82) is 0 Å². The van der Waals surface area contributed by atoms with Crippen molar-refractivity contribution in [2.45, 2.75) is 12.5 Å². The molecule has 1 fully saturated rings. The lowest BCUT2D eigenvalue weighted by Gasteiger charge is -2.38. The van der Waals surface area contributed by atoms with Crippen molar-refractivity contribution < 1.29 is 9.53 Å². The monoisotopic (exact) mass is 367 g/mol. The number of hydrogen-bond acceptors (Lipinski definition) is 4. The number of rotatable bonds is 7. The first-order valence-electron chi connectivity index (χ1n) is 9.55. The van der Waals surface area contributed by atoms with Crippen LogP contribution < -0.4 is 10.1 Å². The first-order chi connectivity index (χ1) is 13.2. The molecule has 2 aromatic carbocycles. The molecule has 27 heavy (non-hydrogen) atoms. The van der Waals surface area contributed by atoms with Crippen LogP contribution in [0.15, 0.2) is 54.6 Å². The fourth-order valence-electron chi connectivity index (χ4n) is 3.54. The molecule has 0 bridgehead atoms. The number of carbonyl (C=O) groups excluding carboxylic acids is 1. The maximum absolute atomic E-state index is 12.7. The molecule has 1 aliphatic heterocycles. The van der Waals surface area contributed by atoms with E-state index in [1.165, 1.54) is 5.56 Å². The Morgan fingerprint density at radius 2 is 1.70 bits per heavy atom. The molecule has 1 heterocycles. The van der Waals surface area contributed by atoms with Gasteiger partial charge in [-0.2, -0.15) is 0 Å². The van der Waals surface area contributed by atoms with E-state index in [1.807, 2.05) is 24.3 Å². The summed E-state index contributed by atoms with van der Waals surface area (Å²) in [5.41, 5.74) is 1.88. The Bertz CT molecular complexity index is 727. The van der Waals surface area contributed by atoms with E-state index in [0.717, 1.165) is 32.6 Å². The lowest BCUT2D eigenvalue weighted by Crippen LogP contribution is -2.53. The third kappa shape index (κ3) is 5.31. The maximum Gasteiger partial charge on any atom is 0.255 e. The molecular formula is C22H29N3O2. The number of para-hydroxylation sites is 1. The number of ether oxygens (including phenoxy) is 1. The molecule has 1 N–H and O–H groups in total. The predicted molar refractivity (Wildman–Crippen MR) is 108 cm³/mol. The number of amides is 1. The van der Waals surface area contributed by atoms with Crippen molar-refractivity contribution in [2.24, 2.45) is 0 Å². The van der Waals surface area contributed by atoms with Crippen molar-refractivity contribution in [1.82, 2.24) is 15.1 Å². The van der Waals surface area contributed by atoms with Crippen molar-refractivity contribution >= 4 is 5.91 Å². The topological polar surface area (TPSA) is 44.8 Å². The SMILES string of the molecule is COc1ccccc1C(=O)NCC(Cc1ccccc1)N1CCN(C)CC1. The fourth-order valence-corrected chi connectivity index (χ4v) is 3.54. The molecule has 0 radical (unpaired) electrons. The summed E-state index contributed by atoms with van der Waals surface area (Å²) in [5.74, 6) is 0.522. The van der Waals surface area contributed by atoms with Crippen LogP contribution in [-0.4, -0.2) is 68.6 Å². The lowest BCUT2D eigenvalue weighted by atomic mass is 10.0. The molecule has 0 saturated carbocycles. The number of hydrogen-bond donors (Lipinski definition) is 1. The molecule has 0 spiro atoms. The van der Waals surface area contributed by atoms with Crippen molar-refractivity contribution in [3.63, 3.8) is 0 Å². The molecule has 0 aliphatic carbocycles. The number of carbonyl (C=O) groups is 1. The Balaban J connectivity index is 1.68. The Kier molecular flexibility index (Phi) is 6.85. The van der Waals surface area contributed by atoms with Gasteiger partial charge in [0.1, 0.15) is 5.75 Å². The summed E-state index contributed by atoms with van der Waals surface area (Å²) in [7, 11) is 3.75. The Labute approximate surface area is 161 Å². The van der Waals surface area contributed by atoms with Gasteiger partial charge < -0.3 is 15.0 Å². The van der Waals surface area contributed by atoms with Crippen LogP contribution in [0.5, 0.6) is 5.75 Å². The van der Waals surface area contributed by atoms with Crippen LogP contribution in [0.25, 0.3) is 0 Å². The third-order valence-electron chi connectivity index (χ3n) is 5.22. The second-order valence-electron chi connectivity index (χ2n) is 7.09. The quantitative estimate of drug-likeness (QED) is 0.816. The van der Waals surface area contributed by atoms with Gasteiger partial charge in [0.15, 0.2) is 0 Å². The average molecular weight is 367 g/mol. The third-order valence-corrected chi connectivity index (χ3v) is 5.22. The van der Waals surface area contributed by atoms with Gasteiger partial charge in [-0.1, -0.05) is 42.5 Å². The molecule has 1 amide bonds. The van der Waals surface area contributed by atoms with E-state index in [1.54, 1.807) is 13.2 Å². The minimum absolute atomic E-state index is 0.0837. The molecule has 3 rings (SSSR count). The molecule has 1 aliphatic rings. The van der Waals surface area contributed by atoms with Crippen LogP contribution in [-0.2, 0) is 6.42 Å².